The van der Waals surface area contributed by atoms with Gasteiger partial charge in [-0.25, -0.2) is 4.39 Å². The normalized spacial score (nSPS) is 9.89. The third-order valence-corrected chi connectivity index (χ3v) is 2.54. The molecule has 0 saturated carbocycles. The molecule has 18 heavy (non-hydrogen) atoms. The van der Waals surface area contributed by atoms with Crippen LogP contribution in [0, 0.1) is 5.82 Å². The molecule has 1 amide bonds. The standard InChI is InChI=1S/C14H13FN2O/c1-16-11-6-4-5-10(9-11)14(18)17-13-8-3-2-7-12(13)15/h2-9,16H,1H3,(H,17,18). The van der Waals surface area contributed by atoms with Crippen LogP contribution in [-0.2, 0) is 0 Å². The number of para-hydroxylation sites is 1. The Balaban J connectivity index is 2.19. The number of carbonyl (C=O) groups excluding carboxylic acids is 1. The molecule has 0 radical (unpaired) electrons. The van der Waals surface area contributed by atoms with Crippen molar-refractivity contribution in [2.45, 2.75) is 0 Å². The number of halogens is 1. The first-order valence-electron chi connectivity index (χ1n) is 5.54. The summed E-state index contributed by atoms with van der Waals surface area (Å²) >= 11 is 0. The van der Waals surface area contributed by atoms with Crippen molar-refractivity contribution in [3.8, 4) is 0 Å². The van der Waals surface area contributed by atoms with Crippen molar-refractivity contribution in [2.75, 3.05) is 17.7 Å². The quantitative estimate of drug-likeness (QED) is 0.871. The van der Waals surface area contributed by atoms with Gasteiger partial charge in [-0.15, -0.1) is 0 Å². The second-order valence-electron chi connectivity index (χ2n) is 3.76. The molecule has 0 aliphatic heterocycles. The summed E-state index contributed by atoms with van der Waals surface area (Å²) in [5.74, 6) is -0.784. The monoisotopic (exact) mass is 244 g/mol. The maximum absolute atomic E-state index is 13.4. The van der Waals surface area contributed by atoms with E-state index in [1.807, 2.05) is 6.07 Å². The lowest BCUT2D eigenvalue weighted by atomic mass is 10.2. The van der Waals surface area contributed by atoms with Crippen LogP contribution in [0.5, 0.6) is 0 Å². The fraction of sp³-hybridized carbons (Fsp3) is 0.0714. The Labute approximate surface area is 105 Å². The Kier molecular flexibility index (Phi) is 3.57. The Bertz CT molecular complexity index is 569. The van der Waals surface area contributed by atoms with E-state index in [9.17, 15) is 9.18 Å². The summed E-state index contributed by atoms with van der Waals surface area (Å²) in [6, 6.07) is 13.1. The van der Waals surface area contributed by atoms with Gasteiger partial charge in [0.15, 0.2) is 0 Å². The highest BCUT2D eigenvalue weighted by Crippen LogP contribution is 2.15. The van der Waals surface area contributed by atoms with Crippen molar-refractivity contribution < 1.29 is 9.18 Å². The van der Waals surface area contributed by atoms with E-state index in [0.29, 0.717) is 5.56 Å². The first-order valence-corrected chi connectivity index (χ1v) is 5.54. The van der Waals surface area contributed by atoms with E-state index < -0.39 is 5.82 Å². The molecule has 4 heteroatoms. The summed E-state index contributed by atoms with van der Waals surface area (Å²) in [5, 5.41) is 5.48. The van der Waals surface area contributed by atoms with Crippen LogP contribution in [0.25, 0.3) is 0 Å². The summed E-state index contributed by atoms with van der Waals surface area (Å²) in [4.78, 5) is 11.9. The molecule has 0 atom stereocenters. The number of hydrogen-bond donors (Lipinski definition) is 2. The van der Waals surface area contributed by atoms with Gasteiger partial charge in [-0.05, 0) is 30.3 Å². The van der Waals surface area contributed by atoms with Gasteiger partial charge in [0.05, 0.1) is 5.69 Å². The van der Waals surface area contributed by atoms with E-state index >= 15 is 0 Å². The zero-order valence-corrected chi connectivity index (χ0v) is 9.91. The van der Waals surface area contributed by atoms with Crippen molar-refractivity contribution in [3.05, 3.63) is 59.9 Å². The third-order valence-electron chi connectivity index (χ3n) is 2.54. The molecule has 2 N–H and O–H groups in total. The fourth-order valence-corrected chi connectivity index (χ4v) is 1.57. The number of amides is 1. The summed E-state index contributed by atoms with van der Waals surface area (Å²) in [5.41, 5.74) is 1.48. The molecule has 0 aliphatic carbocycles. The number of anilines is 2. The molecule has 2 rings (SSSR count). The van der Waals surface area contributed by atoms with Crippen molar-refractivity contribution in [3.63, 3.8) is 0 Å². The van der Waals surface area contributed by atoms with E-state index in [-0.39, 0.29) is 11.6 Å². The molecule has 0 fully saturated rings. The van der Waals surface area contributed by atoms with Gasteiger partial charge in [0.2, 0.25) is 0 Å². The smallest absolute Gasteiger partial charge is 0.255 e. The van der Waals surface area contributed by atoms with Crippen LogP contribution >= 0.6 is 0 Å². The van der Waals surface area contributed by atoms with Crippen molar-refractivity contribution >= 4 is 17.3 Å². The number of benzene rings is 2. The minimum Gasteiger partial charge on any atom is -0.388 e. The molecule has 0 aliphatic rings. The van der Waals surface area contributed by atoms with Crippen LogP contribution in [0.15, 0.2) is 48.5 Å². The molecular formula is C14H13FN2O. The minimum atomic E-state index is -0.448. The van der Waals surface area contributed by atoms with Crippen LogP contribution in [0.2, 0.25) is 0 Å². The molecule has 0 bridgehead atoms. The number of rotatable bonds is 3. The van der Waals surface area contributed by atoms with Crippen LogP contribution in [0.3, 0.4) is 0 Å². The van der Waals surface area contributed by atoms with Gasteiger partial charge in [-0.3, -0.25) is 4.79 Å². The van der Waals surface area contributed by atoms with Gasteiger partial charge in [0, 0.05) is 18.3 Å². The van der Waals surface area contributed by atoms with Gasteiger partial charge < -0.3 is 10.6 Å². The van der Waals surface area contributed by atoms with Crippen molar-refractivity contribution in [2.24, 2.45) is 0 Å². The number of nitrogens with one attached hydrogen (secondary N) is 2. The first-order chi connectivity index (χ1) is 8.70. The summed E-state index contributed by atoms with van der Waals surface area (Å²) in [6.07, 6.45) is 0. The van der Waals surface area contributed by atoms with Gasteiger partial charge in [0.1, 0.15) is 5.82 Å². The van der Waals surface area contributed by atoms with E-state index in [0.717, 1.165) is 5.69 Å². The highest BCUT2D eigenvalue weighted by molar-refractivity contribution is 6.04. The maximum Gasteiger partial charge on any atom is 0.255 e. The predicted octanol–water partition coefficient (Wildman–Crippen LogP) is 3.12. The van der Waals surface area contributed by atoms with E-state index in [2.05, 4.69) is 10.6 Å². The van der Waals surface area contributed by atoms with Crippen LogP contribution in [0.1, 0.15) is 10.4 Å². The van der Waals surface area contributed by atoms with E-state index in [1.165, 1.54) is 12.1 Å². The SMILES string of the molecule is CNc1cccc(C(=O)Nc2ccccc2F)c1. The van der Waals surface area contributed by atoms with Gasteiger partial charge in [0.25, 0.3) is 5.91 Å². The average Bonchev–Trinajstić information content (AvgIpc) is 2.41. The van der Waals surface area contributed by atoms with Gasteiger partial charge in [-0.1, -0.05) is 18.2 Å². The zero-order valence-electron chi connectivity index (χ0n) is 9.91. The molecular weight excluding hydrogens is 231 g/mol. The fourth-order valence-electron chi connectivity index (χ4n) is 1.57. The molecule has 0 aromatic heterocycles. The summed E-state index contributed by atoms with van der Waals surface area (Å²) in [7, 11) is 1.77. The Morgan fingerprint density at radius 1 is 1.11 bits per heavy atom. The second-order valence-corrected chi connectivity index (χ2v) is 3.76. The second kappa shape index (κ2) is 5.31. The first kappa shape index (κ1) is 12.1. The zero-order chi connectivity index (χ0) is 13.0. The van der Waals surface area contributed by atoms with Crippen LogP contribution in [0.4, 0.5) is 15.8 Å². The summed E-state index contributed by atoms with van der Waals surface area (Å²) in [6.45, 7) is 0. The Hall–Kier alpha value is -2.36. The van der Waals surface area contributed by atoms with Gasteiger partial charge >= 0.3 is 0 Å². The molecule has 0 spiro atoms. The Morgan fingerprint density at radius 2 is 1.89 bits per heavy atom. The number of carbonyl (C=O) groups is 1. The van der Waals surface area contributed by atoms with E-state index in [4.69, 9.17) is 0 Å². The van der Waals surface area contributed by atoms with Crippen LogP contribution < -0.4 is 10.6 Å². The Morgan fingerprint density at radius 3 is 2.61 bits per heavy atom. The van der Waals surface area contributed by atoms with Gasteiger partial charge in [-0.2, -0.15) is 0 Å². The molecule has 2 aromatic carbocycles. The summed E-state index contributed by atoms with van der Waals surface area (Å²) < 4.78 is 13.4. The lowest BCUT2D eigenvalue weighted by Crippen LogP contribution is -2.13. The lowest BCUT2D eigenvalue weighted by molar-refractivity contribution is 0.102. The lowest BCUT2D eigenvalue weighted by Gasteiger charge is -2.07. The maximum atomic E-state index is 13.4. The largest absolute Gasteiger partial charge is 0.388 e. The predicted molar refractivity (Wildman–Crippen MR) is 70.3 cm³/mol. The van der Waals surface area contributed by atoms with Crippen molar-refractivity contribution in [1.29, 1.82) is 0 Å². The minimum absolute atomic E-state index is 0.178. The highest BCUT2D eigenvalue weighted by Gasteiger charge is 2.08. The molecule has 0 heterocycles. The van der Waals surface area contributed by atoms with Crippen LogP contribution in [-0.4, -0.2) is 13.0 Å². The highest BCUT2D eigenvalue weighted by atomic mass is 19.1. The average molecular weight is 244 g/mol. The molecule has 0 saturated heterocycles. The molecule has 92 valence electrons. The van der Waals surface area contributed by atoms with E-state index in [1.54, 1.807) is 37.4 Å². The third kappa shape index (κ3) is 2.66. The molecule has 0 unspecified atom stereocenters. The molecule has 2 aromatic rings. The topological polar surface area (TPSA) is 41.1 Å². The number of hydrogen-bond acceptors (Lipinski definition) is 2. The molecule has 3 nitrogen and oxygen atoms in total. The van der Waals surface area contributed by atoms with Crippen molar-refractivity contribution in [1.82, 2.24) is 0 Å².